The number of hydrogen-bond donors (Lipinski definition) is 3. The van der Waals surface area contributed by atoms with E-state index in [9.17, 15) is 4.79 Å². The molecule has 0 saturated carbocycles. The van der Waals surface area contributed by atoms with E-state index >= 15 is 0 Å². The number of carbonyl (C=O) groups is 1. The zero-order chi connectivity index (χ0) is 14.1. The average Bonchev–Trinajstić information content (AvgIpc) is 2.85. The molecule has 1 aromatic heterocycles. The van der Waals surface area contributed by atoms with E-state index in [0.29, 0.717) is 5.69 Å². The Balaban J connectivity index is 2.18. The number of hydrogen-bond acceptors (Lipinski definition) is 5. The maximum Gasteiger partial charge on any atom is 0.326 e. The number of nitrogens with two attached hydrogens (primary N) is 1. The fraction of sp³-hybridized carbons (Fsp3) is 0.692. The van der Waals surface area contributed by atoms with E-state index in [1.807, 2.05) is 0 Å². The van der Waals surface area contributed by atoms with Crippen molar-refractivity contribution in [3.05, 3.63) is 11.1 Å². The molecule has 6 heteroatoms. The van der Waals surface area contributed by atoms with Gasteiger partial charge in [-0.1, -0.05) is 39.0 Å². The van der Waals surface area contributed by atoms with Crippen molar-refractivity contribution in [1.82, 2.24) is 4.98 Å². The molecule has 0 amide bonds. The van der Waals surface area contributed by atoms with E-state index in [0.717, 1.165) is 18.1 Å². The Morgan fingerprint density at radius 3 is 2.79 bits per heavy atom. The second-order valence-electron chi connectivity index (χ2n) is 4.59. The van der Waals surface area contributed by atoms with E-state index in [4.69, 9.17) is 10.8 Å². The maximum atomic E-state index is 10.7. The molecule has 0 radical (unpaired) electrons. The summed E-state index contributed by atoms with van der Waals surface area (Å²) < 4.78 is 0. The molecule has 1 unspecified atom stereocenters. The standard InChI is InChI=1S/C13H23N3O2S/c1-2-3-4-5-6-7-8-15-13-16-10(9-19-13)11(14)12(17)18/h9,11H,2-8,14H2,1H3,(H,15,16)(H,17,18). The van der Waals surface area contributed by atoms with Gasteiger partial charge in [-0.2, -0.15) is 0 Å². The van der Waals surface area contributed by atoms with Gasteiger partial charge in [-0.3, -0.25) is 4.79 Å². The van der Waals surface area contributed by atoms with E-state index in [-0.39, 0.29) is 0 Å². The Bertz CT molecular complexity index is 382. The summed E-state index contributed by atoms with van der Waals surface area (Å²) >= 11 is 1.40. The molecule has 19 heavy (non-hydrogen) atoms. The SMILES string of the molecule is CCCCCCCCNc1nc(C(N)C(=O)O)cs1. The van der Waals surface area contributed by atoms with Gasteiger partial charge >= 0.3 is 5.97 Å². The molecule has 4 N–H and O–H groups in total. The lowest BCUT2D eigenvalue weighted by atomic mass is 10.1. The highest BCUT2D eigenvalue weighted by Gasteiger charge is 2.17. The molecule has 0 bridgehead atoms. The minimum Gasteiger partial charge on any atom is -0.480 e. The number of aliphatic carboxylic acids is 1. The van der Waals surface area contributed by atoms with Crippen LogP contribution in [0.25, 0.3) is 0 Å². The van der Waals surface area contributed by atoms with Gasteiger partial charge in [0.2, 0.25) is 0 Å². The summed E-state index contributed by atoms with van der Waals surface area (Å²) in [4.78, 5) is 14.9. The first-order valence-corrected chi connectivity index (χ1v) is 7.70. The highest BCUT2D eigenvalue weighted by atomic mass is 32.1. The quantitative estimate of drug-likeness (QED) is 0.575. The first-order chi connectivity index (χ1) is 9.15. The van der Waals surface area contributed by atoms with Crippen LogP contribution in [0.3, 0.4) is 0 Å². The molecule has 1 atom stereocenters. The molecular weight excluding hydrogens is 262 g/mol. The van der Waals surface area contributed by atoms with Gasteiger partial charge in [-0.15, -0.1) is 11.3 Å². The topological polar surface area (TPSA) is 88.2 Å². The first-order valence-electron chi connectivity index (χ1n) is 6.82. The zero-order valence-corrected chi connectivity index (χ0v) is 12.2. The summed E-state index contributed by atoms with van der Waals surface area (Å²) in [6, 6.07) is -1.03. The highest BCUT2D eigenvalue weighted by molar-refractivity contribution is 7.13. The molecule has 0 aliphatic heterocycles. The second kappa shape index (κ2) is 8.87. The van der Waals surface area contributed by atoms with E-state index < -0.39 is 12.0 Å². The minimum absolute atomic E-state index is 0.419. The van der Waals surface area contributed by atoms with Crippen molar-refractivity contribution < 1.29 is 9.90 Å². The van der Waals surface area contributed by atoms with Crippen molar-refractivity contribution in [3.8, 4) is 0 Å². The van der Waals surface area contributed by atoms with Gasteiger partial charge in [0.15, 0.2) is 5.13 Å². The van der Waals surface area contributed by atoms with Gasteiger partial charge in [0.25, 0.3) is 0 Å². The number of aromatic nitrogens is 1. The Morgan fingerprint density at radius 2 is 2.11 bits per heavy atom. The molecule has 0 saturated heterocycles. The number of carboxylic acids is 1. The summed E-state index contributed by atoms with van der Waals surface area (Å²) in [6.07, 6.45) is 7.51. The lowest BCUT2D eigenvalue weighted by molar-refractivity contribution is -0.138. The number of rotatable bonds is 10. The average molecular weight is 285 g/mol. The summed E-state index contributed by atoms with van der Waals surface area (Å²) in [6.45, 7) is 3.09. The number of anilines is 1. The molecule has 0 aromatic carbocycles. The lowest BCUT2D eigenvalue weighted by Crippen LogP contribution is -2.20. The fourth-order valence-electron chi connectivity index (χ4n) is 1.74. The largest absolute Gasteiger partial charge is 0.480 e. The van der Waals surface area contributed by atoms with Crippen LogP contribution in [0.4, 0.5) is 5.13 Å². The Morgan fingerprint density at radius 1 is 1.42 bits per heavy atom. The van der Waals surface area contributed by atoms with Crippen molar-refractivity contribution >= 4 is 22.4 Å². The van der Waals surface area contributed by atoms with Crippen LogP contribution < -0.4 is 11.1 Å². The summed E-state index contributed by atoms with van der Waals surface area (Å²) in [5, 5.41) is 14.4. The number of nitrogens with one attached hydrogen (secondary N) is 1. The van der Waals surface area contributed by atoms with Crippen LogP contribution in [-0.4, -0.2) is 22.6 Å². The second-order valence-corrected chi connectivity index (χ2v) is 5.45. The molecule has 0 aliphatic rings. The number of unbranched alkanes of at least 4 members (excludes halogenated alkanes) is 5. The fourth-order valence-corrected chi connectivity index (χ4v) is 2.51. The predicted octanol–water partition coefficient (Wildman–Crippen LogP) is 3.00. The third kappa shape index (κ3) is 6.02. The molecule has 0 spiro atoms. The maximum absolute atomic E-state index is 10.7. The van der Waals surface area contributed by atoms with Crippen LogP contribution in [0, 0.1) is 0 Å². The van der Waals surface area contributed by atoms with Crippen LogP contribution in [-0.2, 0) is 4.79 Å². The highest BCUT2D eigenvalue weighted by Crippen LogP contribution is 2.19. The number of nitrogens with zero attached hydrogens (tertiary/aromatic N) is 1. The Kier molecular flexibility index (Phi) is 7.43. The van der Waals surface area contributed by atoms with Gasteiger partial charge in [0.1, 0.15) is 6.04 Å². The van der Waals surface area contributed by atoms with E-state index in [1.54, 1.807) is 5.38 Å². The zero-order valence-electron chi connectivity index (χ0n) is 11.4. The van der Waals surface area contributed by atoms with Crippen molar-refractivity contribution in [1.29, 1.82) is 0 Å². The van der Waals surface area contributed by atoms with Crippen LogP contribution >= 0.6 is 11.3 Å². The molecule has 108 valence electrons. The van der Waals surface area contributed by atoms with Crippen LogP contribution in [0.15, 0.2) is 5.38 Å². The molecule has 5 nitrogen and oxygen atoms in total. The lowest BCUT2D eigenvalue weighted by Gasteiger charge is -2.03. The van der Waals surface area contributed by atoms with Crippen molar-refractivity contribution in [2.24, 2.45) is 5.73 Å². The first kappa shape index (κ1) is 15.9. The molecule has 1 aromatic rings. The predicted molar refractivity (Wildman–Crippen MR) is 78.5 cm³/mol. The number of thiazole rings is 1. The van der Waals surface area contributed by atoms with E-state index in [2.05, 4.69) is 17.2 Å². The molecule has 0 fully saturated rings. The monoisotopic (exact) mass is 285 g/mol. The van der Waals surface area contributed by atoms with Crippen LogP contribution in [0.1, 0.15) is 57.2 Å². The summed E-state index contributed by atoms with van der Waals surface area (Å²) in [5.41, 5.74) is 5.91. The van der Waals surface area contributed by atoms with Crippen molar-refractivity contribution in [3.63, 3.8) is 0 Å². The van der Waals surface area contributed by atoms with Crippen LogP contribution in [0.2, 0.25) is 0 Å². The summed E-state index contributed by atoms with van der Waals surface area (Å²) in [5.74, 6) is -1.05. The smallest absolute Gasteiger partial charge is 0.326 e. The minimum atomic E-state index is -1.05. The third-order valence-electron chi connectivity index (χ3n) is 2.91. The molecular formula is C13H23N3O2S. The van der Waals surface area contributed by atoms with Crippen molar-refractivity contribution in [2.45, 2.75) is 51.5 Å². The van der Waals surface area contributed by atoms with Gasteiger partial charge in [0.05, 0.1) is 5.69 Å². The number of carboxylic acid groups (broad SMARTS) is 1. The Hall–Kier alpha value is -1.14. The van der Waals surface area contributed by atoms with Gasteiger partial charge < -0.3 is 16.2 Å². The van der Waals surface area contributed by atoms with Gasteiger partial charge in [0, 0.05) is 11.9 Å². The molecule has 1 heterocycles. The normalized spacial score (nSPS) is 12.3. The van der Waals surface area contributed by atoms with Crippen molar-refractivity contribution in [2.75, 3.05) is 11.9 Å². The molecule has 1 rings (SSSR count). The van der Waals surface area contributed by atoms with Gasteiger partial charge in [-0.25, -0.2) is 4.98 Å². The van der Waals surface area contributed by atoms with Crippen LogP contribution in [0.5, 0.6) is 0 Å². The Labute approximate surface area is 118 Å². The van der Waals surface area contributed by atoms with E-state index in [1.165, 1.54) is 43.4 Å². The van der Waals surface area contributed by atoms with Gasteiger partial charge in [-0.05, 0) is 6.42 Å². The molecule has 0 aliphatic carbocycles. The summed E-state index contributed by atoms with van der Waals surface area (Å²) in [7, 11) is 0. The third-order valence-corrected chi connectivity index (χ3v) is 3.73.